The topological polar surface area (TPSA) is 63.3 Å². The maximum absolute atomic E-state index is 11.2. The van der Waals surface area contributed by atoms with Crippen LogP contribution in [0.15, 0.2) is 95.5 Å². The molecule has 0 aliphatic heterocycles. The van der Waals surface area contributed by atoms with Gasteiger partial charge in [0.15, 0.2) is 5.76 Å². The molecular formula is C31H29NO3. The Morgan fingerprint density at radius 2 is 1.49 bits per heavy atom. The van der Waals surface area contributed by atoms with Crippen molar-refractivity contribution in [1.29, 1.82) is 0 Å². The Morgan fingerprint density at radius 3 is 2.11 bits per heavy atom. The largest absolute Gasteiger partial charge is 0.481 e. The molecule has 4 aromatic rings. The Bertz CT molecular complexity index is 1330. The highest BCUT2D eigenvalue weighted by Gasteiger charge is 2.45. The fraction of sp³-hybridized carbons (Fsp3) is 0.226. The van der Waals surface area contributed by atoms with Gasteiger partial charge in [-0.25, -0.2) is 0 Å². The predicted octanol–water partition coefficient (Wildman–Crippen LogP) is 7.16. The third-order valence-corrected chi connectivity index (χ3v) is 6.99. The van der Waals surface area contributed by atoms with E-state index in [-0.39, 0.29) is 11.8 Å². The molecule has 1 aromatic heterocycles. The van der Waals surface area contributed by atoms with Crippen LogP contribution in [0.1, 0.15) is 41.6 Å². The molecule has 0 radical (unpaired) electrons. The lowest BCUT2D eigenvalue weighted by molar-refractivity contribution is -0.137. The molecule has 1 fully saturated rings. The fourth-order valence-electron chi connectivity index (χ4n) is 4.73. The summed E-state index contributed by atoms with van der Waals surface area (Å²) in [6.45, 7) is 1.99. The minimum absolute atomic E-state index is 0.162. The molecule has 1 N–H and O–H groups in total. The highest BCUT2D eigenvalue weighted by atomic mass is 16.5. The number of allylic oxidation sites excluding steroid dienone is 2. The zero-order valence-corrected chi connectivity index (χ0v) is 19.9. The van der Waals surface area contributed by atoms with Crippen LogP contribution in [-0.4, -0.2) is 16.2 Å². The maximum Gasteiger partial charge on any atom is 0.304 e. The van der Waals surface area contributed by atoms with E-state index in [0.717, 1.165) is 65.0 Å². The van der Waals surface area contributed by atoms with E-state index in [1.54, 1.807) is 0 Å². The molecular weight excluding hydrogens is 434 g/mol. The monoisotopic (exact) mass is 463 g/mol. The van der Waals surface area contributed by atoms with E-state index in [9.17, 15) is 9.90 Å². The van der Waals surface area contributed by atoms with Crippen molar-refractivity contribution in [3.63, 3.8) is 0 Å². The first-order valence-corrected chi connectivity index (χ1v) is 12.1. The van der Waals surface area contributed by atoms with Crippen LogP contribution in [0.5, 0.6) is 0 Å². The smallest absolute Gasteiger partial charge is 0.304 e. The van der Waals surface area contributed by atoms with E-state index in [0.29, 0.717) is 0 Å². The first-order chi connectivity index (χ1) is 17.0. The van der Waals surface area contributed by atoms with Crippen molar-refractivity contribution in [3.8, 4) is 22.5 Å². The molecule has 4 heteroatoms. The number of carboxylic acids is 1. The van der Waals surface area contributed by atoms with Crippen molar-refractivity contribution in [3.05, 3.63) is 113 Å². The second-order valence-electron chi connectivity index (χ2n) is 9.45. The van der Waals surface area contributed by atoms with Crippen LogP contribution in [0.4, 0.5) is 0 Å². The van der Waals surface area contributed by atoms with Crippen LogP contribution >= 0.6 is 0 Å². The Labute approximate surface area is 205 Å². The van der Waals surface area contributed by atoms with E-state index in [4.69, 9.17) is 4.52 Å². The van der Waals surface area contributed by atoms with Crippen molar-refractivity contribution in [2.75, 3.05) is 0 Å². The van der Waals surface area contributed by atoms with Gasteiger partial charge in [-0.15, -0.1) is 0 Å². The normalized spacial score (nSPS) is 14.3. The van der Waals surface area contributed by atoms with Gasteiger partial charge in [0.2, 0.25) is 0 Å². The quantitative estimate of drug-likeness (QED) is 0.267. The Morgan fingerprint density at radius 1 is 0.886 bits per heavy atom. The second-order valence-corrected chi connectivity index (χ2v) is 9.45. The standard InChI is InChI=1S/C31H29NO3/c1-22-28(10-6-5-9-23-7-3-2-4-8-23)30(35-32-22)26-13-11-24(12-14-26)25-15-17-27(18-16-25)31(19-20-31)21-29(33)34/h2-8,11-18H,9-10,19-21H2,1H3,(H,33,34)/b6-5-. The van der Waals surface area contributed by atoms with E-state index in [1.165, 1.54) is 5.56 Å². The molecule has 3 aromatic carbocycles. The number of aryl methyl sites for hydroxylation is 1. The molecule has 0 saturated heterocycles. The minimum Gasteiger partial charge on any atom is -0.481 e. The number of hydrogen-bond donors (Lipinski definition) is 1. The molecule has 0 spiro atoms. The Balaban J connectivity index is 1.28. The fourth-order valence-corrected chi connectivity index (χ4v) is 4.73. The summed E-state index contributed by atoms with van der Waals surface area (Å²) in [5.74, 6) is 0.0916. The first kappa shape index (κ1) is 22.9. The molecule has 4 nitrogen and oxygen atoms in total. The van der Waals surface area contributed by atoms with Gasteiger partial charge in [-0.1, -0.05) is 96.2 Å². The number of nitrogens with zero attached hydrogens (tertiary/aromatic N) is 1. The van der Waals surface area contributed by atoms with E-state index >= 15 is 0 Å². The Kier molecular flexibility index (Phi) is 6.37. The van der Waals surface area contributed by atoms with Crippen LogP contribution < -0.4 is 0 Å². The number of benzene rings is 3. The molecule has 0 atom stereocenters. The molecule has 1 heterocycles. The SMILES string of the molecule is Cc1noc(-c2ccc(-c3ccc(C4(CC(=O)O)CC4)cc3)cc2)c1C/C=C\Cc1ccccc1. The van der Waals surface area contributed by atoms with Gasteiger partial charge in [0.05, 0.1) is 12.1 Å². The lowest BCUT2D eigenvalue weighted by atomic mass is 9.91. The third kappa shape index (κ3) is 5.12. The van der Waals surface area contributed by atoms with E-state index < -0.39 is 5.97 Å². The van der Waals surface area contributed by atoms with E-state index in [1.807, 2.05) is 13.0 Å². The zero-order valence-electron chi connectivity index (χ0n) is 19.9. The van der Waals surface area contributed by atoms with Crippen molar-refractivity contribution >= 4 is 5.97 Å². The minimum atomic E-state index is -0.726. The summed E-state index contributed by atoms with van der Waals surface area (Å²) in [6.07, 6.45) is 8.18. The number of carboxylic acid groups (broad SMARTS) is 1. The molecule has 0 unspecified atom stereocenters. The average molecular weight is 464 g/mol. The number of aromatic nitrogens is 1. The van der Waals surface area contributed by atoms with Crippen molar-refractivity contribution in [2.45, 2.75) is 44.4 Å². The van der Waals surface area contributed by atoms with Crippen LogP contribution in [0.2, 0.25) is 0 Å². The van der Waals surface area contributed by atoms with Gasteiger partial charge in [0.25, 0.3) is 0 Å². The van der Waals surface area contributed by atoms with Gasteiger partial charge in [-0.05, 0) is 54.9 Å². The predicted molar refractivity (Wildman–Crippen MR) is 138 cm³/mol. The highest BCUT2D eigenvalue weighted by molar-refractivity contribution is 5.72. The van der Waals surface area contributed by atoms with Gasteiger partial charge < -0.3 is 9.63 Å². The lowest BCUT2D eigenvalue weighted by Gasteiger charge is -2.13. The van der Waals surface area contributed by atoms with Gasteiger partial charge in [-0.2, -0.15) is 0 Å². The van der Waals surface area contributed by atoms with Crippen LogP contribution in [0, 0.1) is 6.92 Å². The molecule has 1 aliphatic rings. The summed E-state index contributed by atoms with van der Waals surface area (Å²) >= 11 is 0. The summed E-state index contributed by atoms with van der Waals surface area (Å²) in [6, 6.07) is 27.1. The molecule has 35 heavy (non-hydrogen) atoms. The van der Waals surface area contributed by atoms with Crippen LogP contribution in [0.3, 0.4) is 0 Å². The third-order valence-electron chi connectivity index (χ3n) is 6.99. The average Bonchev–Trinajstić information content (AvgIpc) is 3.56. The maximum atomic E-state index is 11.2. The molecule has 1 aliphatic carbocycles. The van der Waals surface area contributed by atoms with E-state index in [2.05, 4.69) is 90.1 Å². The summed E-state index contributed by atoms with van der Waals surface area (Å²) in [5, 5.41) is 13.4. The first-order valence-electron chi connectivity index (χ1n) is 12.1. The summed E-state index contributed by atoms with van der Waals surface area (Å²) in [7, 11) is 0. The molecule has 0 bridgehead atoms. The molecule has 176 valence electrons. The summed E-state index contributed by atoms with van der Waals surface area (Å²) in [5.41, 5.74) is 7.53. The number of rotatable bonds is 9. The highest BCUT2D eigenvalue weighted by Crippen LogP contribution is 2.51. The van der Waals surface area contributed by atoms with Crippen LogP contribution in [0.25, 0.3) is 22.5 Å². The van der Waals surface area contributed by atoms with Gasteiger partial charge >= 0.3 is 5.97 Å². The molecule has 5 rings (SSSR count). The Hall–Kier alpha value is -3.92. The number of carbonyl (C=O) groups is 1. The van der Waals surface area contributed by atoms with Crippen molar-refractivity contribution in [1.82, 2.24) is 5.16 Å². The van der Waals surface area contributed by atoms with Crippen LogP contribution in [-0.2, 0) is 23.1 Å². The van der Waals surface area contributed by atoms with Gasteiger partial charge in [-0.3, -0.25) is 4.79 Å². The van der Waals surface area contributed by atoms with Crippen molar-refractivity contribution < 1.29 is 14.4 Å². The zero-order chi connectivity index (χ0) is 24.3. The molecule has 1 saturated carbocycles. The number of aliphatic carboxylic acids is 1. The van der Waals surface area contributed by atoms with Gasteiger partial charge in [0.1, 0.15) is 0 Å². The van der Waals surface area contributed by atoms with Crippen molar-refractivity contribution in [2.24, 2.45) is 0 Å². The van der Waals surface area contributed by atoms with Gasteiger partial charge in [0, 0.05) is 16.5 Å². The number of hydrogen-bond acceptors (Lipinski definition) is 3. The lowest BCUT2D eigenvalue weighted by Crippen LogP contribution is -2.12. The second kappa shape index (κ2) is 9.75. The summed E-state index contributed by atoms with van der Waals surface area (Å²) in [4.78, 5) is 11.2. The summed E-state index contributed by atoms with van der Waals surface area (Å²) < 4.78 is 5.70. The molecule has 0 amide bonds.